The number of carboxylic acid groups (broad SMARTS) is 1. The summed E-state index contributed by atoms with van der Waals surface area (Å²) in [6.07, 6.45) is 2.78. The second-order valence-corrected chi connectivity index (χ2v) is 9.11. The van der Waals surface area contributed by atoms with Crippen LogP contribution in [-0.4, -0.2) is 34.4 Å². The van der Waals surface area contributed by atoms with Crippen molar-refractivity contribution in [3.63, 3.8) is 0 Å². The maximum Gasteiger partial charge on any atom is 0.412 e. The standard InChI is InChI=1S/C25H28N2O5/c1-25(2,3)32-24(30)26-17-10-8-15(9-11-17)20-12-16-13-22(31-4)19(23(28)29)14-21(16)27(20)18-6-5-7-18/h8-14,18H,5-7H2,1-4H3,(H,26,30)(H,28,29). The van der Waals surface area contributed by atoms with Crippen molar-refractivity contribution in [3.8, 4) is 17.0 Å². The lowest BCUT2D eigenvalue weighted by Gasteiger charge is -2.30. The summed E-state index contributed by atoms with van der Waals surface area (Å²) in [5.74, 6) is -0.663. The molecule has 1 amide bonds. The highest BCUT2D eigenvalue weighted by Gasteiger charge is 2.26. The maximum atomic E-state index is 12.0. The second kappa shape index (κ2) is 8.22. The molecule has 2 aromatic carbocycles. The molecule has 7 nitrogen and oxygen atoms in total. The molecule has 1 fully saturated rings. The number of carbonyl (C=O) groups excluding carboxylic acids is 1. The molecular weight excluding hydrogens is 408 g/mol. The summed E-state index contributed by atoms with van der Waals surface area (Å²) in [7, 11) is 1.48. The van der Waals surface area contributed by atoms with Gasteiger partial charge in [0.25, 0.3) is 0 Å². The number of rotatable bonds is 5. The number of nitrogens with zero attached hydrogens (tertiary/aromatic N) is 1. The first-order chi connectivity index (χ1) is 15.2. The summed E-state index contributed by atoms with van der Waals surface area (Å²) in [5.41, 5.74) is 3.12. The average Bonchev–Trinajstić information content (AvgIpc) is 3.02. The van der Waals surface area contributed by atoms with E-state index in [0.29, 0.717) is 17.5 Å². The number of ether oxygens (including phenoxy) is 2. The summed E-state index contributed by atoms with van der Waals surface area (Å²) in [6, 6.07) is 13.5. The van der Waals surface area contributed by atoms with Crippen LogP contribution in [0, 0.1) is 0 Å². The molecule has 1 heterocycles. The largest absolute Gasteiger partial charge is 0.496 e. The molecule has 1 saturated carbocycles. The van der Waals surface area contributed by atoms with Gasteiger partial charge in [-0.25, -0.2) is 9.59 Å². The number of hydrogen-bond donors (Lipinski definition) is 2. The predicted molar refractivity (Wildman–Crippen MR) is 124 cm³/mol. The fraction of sp³-hybridized carbons (Fsp3) is 0.360. The average molecular weight is 437 g/mol. The van der Waals surface area contributed by atoms with Gasteiger partial charge in [0.05, 0.1) is 7.11 Å². The Labute approximate surface area is 186 Å². The number of amides is 1. The van der Waals surface area contributed by atoms with Gasteiger partial charge in [-0.2, -0.15) is 0 Å². The lowest BCUT2D eigenvalue weighted by atomic mass is 9.92. The van der Waals surface area contributed by atoms with Crippen molar-refractivity contribution in [2.75, 3.05) is 12.4 Å². The topological polar surface area (TPSA) is 89.8 Å². The highest BCUT2D eigenvalue weighted by molar-refractivity contribution is 5.98. The van der Waals surface area contributed by atoms with Crippen LogP contribution >= 0.6 is 0 Å². The van der Waals surface area contributed by atoms with Crippen LogP contribution in [0.2, 0.25) is 0 Å². The molecule has 0 aliphatic heterocycles. The van der Waals surface area contributed by atoms with Crippen molar-refractivity contribution < 1.29 is 24.2 Å². The van der Waals surface area contributed by atoms with Crippen LogP contribution < -0.4 is 10.1 Å². The lowest BCUT2D eigenvalue weighted by molar-refractivity contribution is 0.0634. The Kier molecular flexibility index (Phi) is 5.59. The van der Waals surface area contributed by atoms with Gasteiger partial charge >= 0.3 is 12.1 Å². The molecule has 0 saturated heterocycles. The molecule has 0 atom stereocenters. The molecule has 0 spiro atoms. The van der Waals surface area contributed by atoms with E-state index >= 15 is 0 Å². The summed E-state index contributed by atoms with van der Waals surface area (Å²) < 4.78 is 12.9. The first kappa shape index (κ1) is 21.7. The molecule has 1 aliphatic rings. The van der Waals surface area contributed by atoms with Crippen molar-refractivity contribution in [1.82, 2.24) is 4.57 Å². The number of nitrogens with one attached hydrogen (secondary N) is 1. The van der Waals surface area contributed by atoms with E-state index in [4.69, 9.17) is 9.47 Å². The van der Waals surface area contributed by atoms with Gasteiger partial charge in [-0.3, -0.25) is 5.32 Å². The lowest BCUT2D eigenvalue weighted by Crippen LogP contribution is -2.27. The Balaban J connectivity index is 1.72. The molecule has 4 rings (SSSR count). The van der Waals surface area contributed by atoms with E-state index in [1.165, 1.54) is 7.11 Å². The van der Waals surface area contributed by atoms with Gasteiger partial charge in [0.1, 0.15) is 16.9 Å². The monoisotopic (exact) mass is 436 g/mol. The molecule has 168 valence electrons. The van der Waals surface area contributed by atoms with Crippen molar-refractivity contribution in [3.05, 3.63) is 48.0 Å². The molecule has 0 radical (unpaired) electrons. The summed E-state index contributed by atoms with van der Waals surface area (Å²) in [5, 5.41) is 13.3. The number of methoxy groups -OCH3 is 1. The summed E-state index contributed by atoms with van der Waals surface area (Å²) in [4.78, 5) is 23.8. The van der Waals surface area contributed by atoms with Crippen LogP contribution in [0.5, 0.6) is 5.75 Å². The number of carbonyl (C=O) groups is 2. The molecule has 0 unspecified atom stereocenters. The molecule has 32 heavy (non-hydrogen) atoms. The van der Waals surface area contributed by atoms with Crippen molar-refractivity contribution in [1.29, 1.82) is 0 Å². The van der Waals surface area contributed by atoms with Crippen molar-refractivity contribution >= 4 is 28.7 Å². The van der Waals surface area contributed by atoms with Crippen LogP contribution in [0.25, 0.3) is 22.2 Å². The highest BCUT2D eigenvalue weighted by atomic mass is 16.6. The molecule has 1 aliphatic carbocycles. The molecule has 7 heteroatoms. The third kappa shape index (κ3) is 4.28. The third-order valence-corrected chi connectivity index (χ3v) is 5.66. The number of fused-ring (bicyclic) bond motifs is 1. The van der Waals surface area contributed by atoms with E-state index in [9.17, 15) is 14.7 Å². The van der Waals surface area contributed by atoms with Gasteiger partial charge < -0.3 is 19.1 Å². The van der Waals surface area contributed by atoms with Crippen LogP contribution in [0.4, 0.5) is 10.5 Å². The minimum Gasteiger partial charge on any atom is -0.496 e. The van der Waals surface area contributed by atoms with Gasteiger partial charge in [0.2, 0.25) is 0 Å². The third-order valence-electron chi connectivity index (χ3n) is 5.66. The Hall–Kier alpha value is -3.48. The Morgan fingerprint density at radius 2 is 1.78 bits per heavy atom. The molecule has 1 aromatic heterocycles. The van der Waals surface area contributed by atoms with Gasteiger partial charge in [-0.15, -0.1) is 0 Å². The molecule has 0 bridgehead atoms. The first-order valence-corrected chi connectivity index (χ1v) is 10.7. The second-order valence-electron chi connectivity index (χ2n) is 9.11. The number of benzene rings is 2. The zero-order chi connectivity index (χ0) is 23.0. The minimum atomic E-state index is -1.01. The SMILES string of the molecule is COc1cc2cc(-c3ccc(NC(=O)OC(C)(C)C)cc3)n(C3CCC3)c2cc1C(=O)O. The zero-order valence-corrected chi connectivity index (χ0v) is 18.8. The number of aromatic nitrogens is 1. The Morgan fingerprint density at radius 3 is 2.31 bits per heavy atom. The van der Waals surface area contributed by atoms with E-state index in [1.807, 2.05) is 45.0 Å². The predicted octanol–water partition coefficient (Wildman–Crippen LogP) is 6.09. The zero-order valence-electron chi connectivity index (χ0n) is 18.8. The van der Waals surface area contributed by atoms with Crippen LogP contribution in [0.1, 0.15) is 56.4 Å². The first-order valence-electron chi connectivity index (χ1n) is 10.7. The Morgan fingerprint density at radius 1 is 1.09 bits per heavy atom. The maximum absolute atomic E-state index is 12.0. The Bertz CT molecular complexity index is 1170. The fourth-order valence-electron chi connectivity index (χ4n) is 4.00. The number of anilines is 1. The quantitative estimate of drug-likeness (QED) is 0.505. The van der Waals surface area contributed by atoms with E-state index in [2.05, 4.69) is 16.0 Å². The van der Waals surface area contributed by atoms with Crippen LogP contribution in [0.3, 0.4) is 0 Å². The van der Waals surface area contributed by atoms with Gasteiger partial charge in [-0.05, 0) is 75.9 Å². The van der Waals surface area contributed by atoms with Gasteiger partial charge in [0.15, 0.2) is 0 Å². The highest BCUT2D eigenvalue weighted by Crippen LogP contribution is 2.41. The minimum absolute atomic E-state index is 0.155. The number of carboxylic acids is 1. The van der Waals surface area contributed by atoms with Crippen molar-refractivity contribution in [2.45, 2.75) is 51.7 Å². The molecule has 3 aromatic rings. The van der Waals surface area contributed by atoms with E-state index in [0.717, 1.165) is 41.4 Å². The van der Waals surface area contributed by atoms with Gasteiger partial charge in [-0.1, -0.05) is 12.1 Å². The summed E-state index contributed by atoms with van der Waals surface area (Å²) in [6.45, 7) is 5.46. The van der Waals surface area contributed by atoms with Crippen LogP contribution in [0.15, 0.2) is 42.5 Å². The normalized spacial score (nSPS) is 14.1. The van der Waals surface area contributed by atoms with E-state index < -0.39 is 17.7 Å². The fourth-order valence-corrected chi connectivity index (χ4v) is 4.00. The molecular formula is C25H28N2O5. The van der Waals surface area contributed by atoms with E-state index in [1.54, 1.807) is 12.1 Å². The summed E-state index contributed by atoms with van der Waals surface area (Å²) >= 11 is 0. The van der Waals surface area contributed by atoms with Crippen LogP contribution in [-0.2, 0) is 4.74 Å². The molecule has 2 N–H and O–H groups in total. The van der Waals surface area contributed by atoms with Crippen molar-refractivity contribution in [2.24, 2.45) is 0 Å². The number of hydrogen-bond acceptors (Lipinski definition) is 4. The number of aromatic carboxylic acids is 1. The smallest absolute Gasteiger partial charge is 0.412 e. The van der Waals surface area contributed by atoms with E-state index in [-0.39, 0.29) is 5.56 Å². The van der Waals surface area contributed by atoms with Gasteiger partial charge in [0, 0.05) is 28.3 Å².